The highest BCUT2D eigenvalue weighted by Crippen LogP contribution is 2.66. The summed E-state index contributed by atoms with van der Waals surface area (Å²) in [6, 6.07) is 0. The lowest BCUT2D eigenvalue weighted by molar-refractivity contribution is -0.203. The van der Waals surface area contributed by atoms with Crippen molar-refractivity contribution in [2.75, 3.05) is 20.5 Å². The lowest BCUT2D eigenvalue weighted by Crippen LogP contribution is -2.70. The number of fused-ring (bicyclic) bond motifs is 2. The topological polar surface area (TPSA) is 72.8 Å². The van der Waals surface area contributed by atoms with Crippen molar-refractivity contribution in [3.05, 3.63) is 23.3 Å². The summed E-state index contributed by atoms with van der Waals surface area (Å²) in [4.78, 5) is 28.5. The molecule has 0 radical (unpaired) electrons. The van der Waals surface area contributed by atoms with Crippen LogP contribution in [0.1, 0.15) is 87.0 Å². The van der Waals surface area contributed by atoms with Crippen LogP contribution < -0.4 is 0 Å². The maximum absolute atomic E-state index is 14.5. The lowest BCUT2D eigenvalue weighted by Gasteiger charge is -2.63. The molecule has 0 saturated heterocycles. The molecule has 2 aliphatic rings. The van der Waals surface area contributed by atoms with E-state index in [1.165, 1.54) is 5.57 Å². The molecular weight excluding hydrogens is 416 g/mol. The van der Waals surface area contributed by atoms with Crippen LogP contribution >= 0.6 is 0 Å². The summed E-state index contributed by atoms with van der Waals surface area (Å²) in [6.45, 7) is 14.7. The summed E-state index contributed by atoms with van der Waals surface area (Å²) in [5.74, 6) is -0.310. The number of Topliss-reactive ketones (excluding diaryl/α,β-unsaturated/α-hetero) is 2. The predicted molar refractivity (Wildman–Crippen MR) is 132 cm³/mol. The van der Waals surface area contributed by atoms with Crippen LogP contribution in [-0.2, 0) is 19.1 Å². The van der Waals surface area contributed by atoms with Gasteiger partial charge in [0.25, 0.3) is 0 Å². The van der Waals surface area contributed by atoms with Crippen LogP contribution in [0.4, 0.5) is 0 Å². The molecule has 188 valence electrons. The highest BCUT2D eigenvalue weighted by molar-refractivity contribution is 6.12. The Balaban J connectivity index is 2.71. The minimum absolute atomic E-state index is 0.0251. The Morgan fingerprint density at radius 3 is 2.36 bits per heavy atom. The highest BCUT2D eigenvalue weighted by atomic mass is 16.7. The third-order valence-electron chi connectivity index (χ3n) is 8.31. The molecule has 0 aliphatic heterocycles. The molecule has 33 heavy (non-hydrogen) atoms. The number of carbonyl (C=O) groups is 2. The fourth-order valence-corrected chi connectivity index (χ4v) is 6.41. The molecule has 5 heteroatoms. The molecular formula is C28H46O5. The second-order valence-electron chi connectivity index (χ2n) is 11.4. The van der Waals surface area contributed by atoms with Gasteiger partial charge in [0.05, 0.1) is 23.5 Å². The minimum Gasteiger partial charge on any atom is -0.392 e. The molecule has 2 fully saturated rings. The Morgan fingerprint density at radius 1 is 1.18 bits per heavy atom. The van der Waals surface area contributed by atoms with Gasteiger partial charge in [0.15, 0.2) is 5.78 Å². The van der Waals surface area contributed by atoms with Crippen molar-refractivity contribution in [3.63, 3.8) is 0 Å². The first-order chi connectivity index (χ1) is 15.4. The summed E-state index contributed by atoms with van der Waals surface area (Å²) in [6.07, 6.45) is 6.92. The zero-order valence-electron chi connectivity index (χ0n) is 22.1. The molecule has 5 nitrogen and oxygen atoms in total. The first kappa shape index (κ1) is 27.9. The maximum Gasteiger partial charge on any atom is 0.156 e. The summed E-state index contributed by atoms with van der Waals surface area (Å²) < 4.78 is 11.0. The van der Waals surface area contributed by atoms with E-state index >= 15 is 0 Å². The monoisotopic (exact) mass is 462 g/mol. The van der Waals surface area contributed by atoms with Crippen molar-refractivity contribution in [2.24, 2.45) is 28.1 Å². The van der Waals surface area contributed by atoms with Gasteiger partial charge in [-0.1, -0.05) is 44.1 Å². The van der Waals surface area contributed by atoms with Crippen LogP contribution in [0.15, 0.2) is 23.3 Å². The van der Waals surface area contributed by atoms with E-state index in [-0.39, 0.29) is 30.2 Å². The van der Waals surface area contributed by atoms with E-state index in [1.54, 1.807) is 7.11 Å². The summed E-state index contributed by atoms with van der Waals surface area (Å²) in [5.41, 5.74) is -0.268. The van der Waals surface area contributed by atoms with Gasteiger partial charge in [0.1, 0.15) is 12.6 Å². The summed E-state index contributed by atoms with van der Waals surface area (Å²) in [5, 5.41) is 11.3. The van der Waals surface area contributed by atoms with E-state index in [0.29, 0.717) is 32.3 Å². The van der Waals surface area contributed by atoms with E-state index in [4.69, 9.17) is 9.47 Å². The summed E-state index contributed by atoms with van der Waals surface area (Å²) >= 11 is 0. The third kappa shape index (κ3) is 5.06. The van der Waals surface area contributed by atoms with Gasteiger partial charge in [-0.3, -0.25) is 9.59 Å². The fraction of sp³-hybridized carbons (Fsp3) is 0.786. The molecule has 0 amide bonds. The van der Waals surface area contributed by atoms with Crippen LogP contribution in [0.2, 0.25) is 0 Å². The molecule has 0 heterocycles. The Labute approximate surface area is 201 Å². The lowest BCUT2D eigenvalue weighted by atomic mass is 9.38. The molecule has 0 spiro atoms. The summed E-state index contributed by atoms with van der Waals surface area (Å²) in [7, 11) is 1.59. The first-order valence-electron chi connectivity index (χ1n) is 12.5. The normalized spacial score (nSPS) is 33.7. The van der Waals surface area contributed by atoms with Crippen molar-refractivity contribution in [3.8, 4) is 0 Å². The minimum atomic E-state index is -1.11. The molecule has 2 saturated carbocycles. The van der Waals surface area contributed by atoms with Gasteiger partial charge >= 0.3 is 0 Å². The van der Waals surface area contributed by atoms with Gasteiger partial charge in [0, 0.05) is 13.0 Å². The van der Waals surface area contributed by atoms with Crippen molar-refractivity contribution >= 4 is 11.6 Å². The molecule has 2 rings (SSSR count). The number of rotatable bonds is 11. The Morgan fingerprint density at radius 2 is 1.82 bits per heavy atom. The second-order valence-corrected chi connectivity index (χ2v) is 11.4. The number of carbonyl (C=O) groups excluding carboxylic acids is 2. The molecule has 0 aromatic heterocycles. The van der Waals surface area contributed by atoms with Gasteiger partial charge in [-0.15, -0.1) is 0 Å². The predicted octanol–water partition coefficient (Wildman–Crippen LogP) is 5.66. The molecule has 2 aliphatic carbocycles. The fourth-order valence-electron chi connectivity index (χ4n) is 6.41. The van der Waals surface area contributed by atoms with Crippen molar-refractivity contribution in [1.82, 2.24) is 0 Å². The second kappa shape index (κ2) is 11.0. The van der Waals surface area contributed by atoms with Crippen LogP contribution in [0.5, 0.6) is 0 Å². The van der Waals surface area contributed by atoms with E-state index in [1.807, 2.05) is 27.7 Å². The number of ketones is 2. The van der Waals surface area contributed by atoms with E-state index < -0.39 is 22.3 Å². The maximum atomic E-state index is 14.5. The van der Waals surface area contributed by atoms with Gasteiger partial charge in [-0.25, -0.2) is 0 Å². The highest BCUT2D eigenvalue weighted by Gasteiger charge is 2.72. The van der Waals surface area contributed by atoms with Crippen molar-refractivity contribution in [1.29, 1.82) is 0 Å². The number of methoxy groups -OCH3 is 1. The molecule has 1 N–H and O–H groups in total. The smallest absolute Gasteiger partial charge is 0.156 e. The zero-order chi connectivity index (χ0) is 25.0. The van der Waals surface area contributed by atoms with Crippen molar-refractivity contribution in [2.45, 2.75) is 93.1 Å². The molecule has 2 bridgehead atoms. The van der Waals surface area contributed by atoms with E-state index in [2.05, 4.69) is 32.9 Å². The third-order valence-corrected chi connectivity index (χ3v) is 8.31. The van der Waals surface area contributed by atoms with Crippen LogP contribution in [-0.4, -0.2) is 43.3 Å². The Bertz CT molecular complexity index is 773. The van der Waals surface area contributed by atoms with Crippen LogP contribution in [0.3, 0.4) is 0 Å². The molecule has 0 aromatic rings. The zero-order valence-corrected chi connectivity index (χ0v) is 22.1. The largest absolute Gasteiger partial charge is 0.392 e. The van der Waals surface area contributed by atoms with Crippen molar-refractivity contribution < 1.29 is 24.2 Å². The molecule has 1 unspecified atom stereocenters. The number of ether oxygens (including phenoxy) is 2. The SMILES string of the molecule is COCOC[C@@H]1C[C@]2(CC=C(C)C)C(=O)[C@@](C(=O)C(C)C)(CCC2O)[C@@]1(C)CCC=C(C)C. The number of aliphatic hydroxyl groups excluding tert-OH is 1. The van der Waals surface area contributed by atoms with E-state index in [0.717, 1.165) is 18.4 Å². The Hall–Kier alpha value is -1.30. The number of hydrogen-bond acceptors (Lipinski definition) is 5. The molecule has 0 aromatic carbocycles. The Kier molecular flexibility index (Phi) is 9.28. The quantitative estimate of drug-likeness (QED) is 0.186. The first-order valence-corrected chi connectivity index (χ1v) is 12.5. The van der Waals surface area contributed by atoms with Gasteiger partial charge < -0.3 is 14.6 Å². The number of aliphatic hydroxyl groups is 1. The standard InChI is InChI=1S/C28H46O5/c1-19(2)10-9-13-26(7)22(17-33-18-32-8)16-27(14-11-20(3)4)23(29)12-15-28(26,25(27)31)24(30)21(5)6/h10-11,21-23,29H,9,12-18H2,1-8H3/t22-,23?,26-,27-,28-/m0/s1. The number of allylic oxidation sites excluding steroid dienone is 4. The van der Waals surface area contributed by atoms with Crippen LogP contribution in [0, 0.1) is 28.1 Å². The van der Waals surface area contributed by atoms with Crippen LogP contribution in [0.25, 0.3) is 0 Å². The van der Waals surface area contributed by atoms with Gasteiger partial charge in [0.2, 0.25) is 0 Å². The number of hydrogen-bond donors (Lipinski definition) is 1. The van der Waals surface area contributed by atoms with Gasteiger partial charge in [-0.2, -0.15) is 0 Å². The average molecular weight is 463 g/mol. The average Bonchev–Trinajstić information content (AvgIpc) is 2.73. The van der Waals surface area contributed by atoms with Gasteiger partial charge in [-0.05, 0) is 77.6 Å². The van der Waals surface area contributed by atoms with E-state index in [9.17, 15) is 14.7 Å². The molecule has 5 atom stereocenters.